The molecule has 1 aromatic heterocycles. The Balaban J connectivity index is 1.73. The molecule has 0 spiro atoms. The van der Waals surface area contributed by atoms with Crippen molar-refractivity contribution in [1.82, 2.24) is 10.2 Å². The van der Waals surface area contributed by atoms with Crippen LogP contribution >= 0.6 is 58.1 Å². The fraction of sp³-hybridized carbons (Fsp3) is 0.250. The number of hydrogen-bond donors (Lipinski definition) is 1. The summed E-state index contributed by atoms with van der Waals surface area (Å²) in [6, 6.07) is 5.10. The van der Waals surface area contributed by atoms with Crippen molar-refractivity contribution >= 4 is 64.0 Å². The number of rotatable bonds is 8. The molecule has 1 heterocycles. The molecule has 2 N–H and O–H groups in total. The fourth-order valence-corrected chi connectivity index (χ4v) is 4.43. The van der Waals surface area contributed by atoms with Gasteiger partial charge in [0.2, 0.25) is 5.91 Å². The summed E-state index contributed by atoms with van der Waals surface area (Å²) in [5, 5.41) is 9.06. The van der Waals surface area contributed by atoms with Crippen molar-refractivity contribution in [2.45, 2.75) is 8.68 Å². The maximum absolute atomic E-state index is 10.7. The van der Waals surface area contributed by atoms with E-state index in [0.717, 1.165) is 8.68 Å². The van der Waals surface area contributed by atoms with Crippen molar-refractivity contribution < 1.29 is 9.53 Å². The highest BCUT2D eigenvalue weighted by Crippen LogP contribution is 2.30. The molecule has 0 aliphatic heterocycles. The molecule has 1 aromatic carbocycles. The van der Waals surface area contributed by atoms with Gasteiger partial charge in [-0.3, -0.25) is 4.79 Å². The number of halogens is 2. The van der Waals surface area contributed by atoms with Gasteiger partial charge in [-0.05, 0) is 18.2 Å². The van der Waals surface area contributed by atoms with Gasteiger partial charge in [-0.15, -0.1) is 10.2 Å². The first-order chi connectivity index (χ1) is 10.5. The minimum Gasteiger partial charge on any atom is -0.491 e. The van der Waals surface area contributed by atoms with Crippen LogP contribution in [0.25, 0.3) is 0 Å². The van der Waals surface area contributed by atoms with E-state index in [2.05, 4.69) is 10.2 Å². The average Bonchev–Trinajstić information content (AvgIpc) is 2.91. The minimum absolute atomic E-state index is 0.206. The number of carbonyl (C=O) groups excluding carboxylic acids is 1. The molecule has 22 heavy (non-hydrogen) atoms. The van der Waals surface area contributed by atoms with E-state index in [1.807, 2.05) is 0 Å². The highest BCUT2D eigenvalue weighted by atomic mass is 35.5. The summed E-state index contributed by atoms with van der Waals surface area (Å²) in [5.74, 6) is 1.13. The van der Waals surface area contributed by atoms with Crippen molar-refractivity contribution in [3.05, 3.63) is 28.2 Å². The zero-order valence-corrected chi connectivity index (χ0v) is 15.1. The van der Waals surface area contributed by atoms with E-state index < -0.39 is 0 Å². The van der Waals surface area contributed by atoms with Crippen LogP contribution in [0, 0.1) is 0 Å². The van der Waals surface area contributed by atoms with Crippen LogP contribution in [0.5, 0.6) is 5.75 Å². The van der Waals surface area contributed by atoms with Gasteiger partial charge < -0.3 is 10.5 Å². The third-order valence-electron chi connectivity index (χ3n) is 2.19. The number of benzene rings is 1. The maximum Gasteiger partial charge on any atom is 0.227 e. The Hall–Kier alpha value is -0.670. The second kappa shape index (κ2) is 8.83. The largest absolute Gasteiger partial charge is 0.491 e. The minimum atomic E-state index is -0.373. The molecule has 1 amide bonds. The molecule has 0 radical (unpaired) electrons. The maximum atomic E-state index is 10.7. The van der Waals surface area contributed by atoms with E-state index in [9.17, 15) is 4.79 Å². The molecule has 0 unspecified atom stereocenters. The molecule has 5 nitrogen and oxygen atoms in total. The number of nitrogens with zero attached hydrogens (tertiary/aromatic N) is 2. The van der Waals surface area contributed by atoms with Gasteiger partial charge in [0.25, 0.3) is 0 Å². The molecule has 0 fully saturated rings. The first-order valence-corrected chi connectivity index (χ1v) is 9.54. The predicted octanol–water partition coefficient (Wildman–Crippen LogP) is 3.59. The monoisotopic (exact) mass is 395 g/mol. The number of aromatic nitrogens is 2. The Kier molecular flexibility index (Phi) is 7.10. The Morgan fingerprint density at radius 3 is 2.68 bits per heavy atom. The number of primary amides is 1. The summed E-state index contributed by atoms with van der Waals surface area (Å²) in [5.41, 5.74) is 5.08. The Bertz CT molecular complexity index is 654. The van der Waals surface area contributed by atoms with Crippen molar-refractivity contribution in [2.24, 2.45) is 5.73 Å². The summed E-state index contributed by atoms with van der Waals surface area (Å²) >= 11 is 16.1. The van der Waals surface area contributed by atoms with Gasteiger partial charge in [-0.1, -0.05) is 58.1 Å². The standard InChI is InChI=1S/C12H11Cl2N3O2S3/c13-7-1-2-9(8(14)5-7)19-3-4-20-11-16-17-12(22-11)21-6-10(15)18/h1-2,5H,3-4,6H2,(H2,15,18). The first kappa shape index (κ1) is 17.7. The highest BCUT2D eigenvalue weighted by Gasteiger charge is 2.07. The Morgan fingerprint density at radius 2 is 2.00 bits per heavy atom. The lowest BCUT2D eigenvalue weighted by molar-refractivity contribution is -0.115. The molecule has 0 aliphatic rings. The van der Waals surface area contributed by atoms with Crippen LogP contribution < -0.4 is 10.5 Å². The fourth-order valence-electron chi connectivity index (χ4n) is 1.32. The molecule has 118 valence electrons. The van der Waals surface area contributed by atoms with E-state index in [0.29, 0.717) is 28.2 Å². The summed E-state index contributed by atoms with van der Waals surface area (Å²) in [6.45, 7) is 0.482. The normalized spacial score (nSPS) is 10.6. The van der Waals surface area contributed by atoms with Crippen LogP contribution in [0.1, 0.15) is 0 Å². The lowest BCUT2D eigenvalue weighted by Gasteiger charge is -2.07. The molecule has 0 saturated carbocycles. The summed E-state index contributed by atoms with van der Waals surface area (Å²) in [4.78, 5) is 10.7. The third-order valence-corrected chi connectivity index (χ3v) is 5.89. The second-order valence-corrected chi connectivity index (χ2v) is 8.25. The smallest absolute Gasteiger partial charge is 0.227 e. The van der Waals surface area contributed by atoms with Crippen LogP contribution in [-0.4, -0.2) is 34.2 Å². The number of thioether (sulfide) groups is 2. The topological polar surface area (TPSA) is 78.1 Å². The van der Waals surface area contributed by atoms with Crippen LogP contribution in [0.15, 0.2) is 26.9 Å². The zero-order chi connectivity index (χ0) is 15.9. The van der Waals surface area contributed by atoms with E-state index in [-0.39, 0.29) is 11.7 Å². The average molecular weight is 396 g/mol. The molecule has 0 bridgehead atoms. The molecular formula is C12H11Cl2N3O2S3. The van der Waals surface area contributed by atoms with Crippen molar-refractivity contribution in [2.75, 3.05) is 18.1 Å². The molecule has 0 atom stereocenters. The van der Waals surface area contributed by atoms with Gasteiger partial charge in [0.1, 0.15) is 5.75 Å². The van der Waals surface area contributed by atoms with Gasteiger partial charge in [0, 0.05) is 10.8 Å². The first-order valence-electron chi connectivity index (χ1n) is 6.00. The number of ether oxygens (including phenoxy) is 1. The van der Waals surface area contributed by atoms with Gasteiger partial charge >= 0.3 is 0 Å². The van der Waals surface area contributed by atoms with Crippen molar-refractivity contribution in [3.63, 3.8) is 0 Å². The summed E-state index contributed by atoms with van der Waals surface area (Å²) < 4.78 is 7.12. The van der Waals surface area contributed by atoms with E-state index >= 15 is 0 Å². The molecule has 0 saturated heterocycles. The van der Waals surface area contributed by atoms with E-state index in [4.69, 9.17) is 33.7 Å². The Labute approximate surface area is 149 Å². The quantitative estimate of drug-likeness (QED) is 0.543. The molecule has 2 aromatic rings. The third kappa shape index (κ3) is 5.85. The van der Waals surface area contributed by atoms with Crippen LogP contribution in [0.3, 0.4) is 0 Å². The molecule has 2 rings (SSSR count). The number of carbonyl (C=O) groups is 1. The lowest BCUT2D eigenvalue weighted by atomic mass is 10.3. The Morgan fingerprint density at radius 1 is 1.27 bits per heavy atom. The van der Waals surface area contributed by atoms with Gasteiger partial charge in [0.15, 0.2) is 8.68 Å². The van der Waals surface area contributed by atoms with Crippen molar-refractivity contribution in [1.29, 1.82) is 0 Å². The van der Waals surface area contributed by atoms with Gasteiger partial charge in [-0.25, -0.2) is 0 Å². The number of hydrogen-bond acceptors (Lipinski definition) is 7. The number of amides is 1. The van der Waals surface area contributed by atoms with Crippen LogP contribution in [-0.2, 0) is 4.79 Å². The highest BCUT2D eigenvalue weighted by molar-refractivity contribution is 8.03. The van der Waals surface area contributed by atoms with Crippen LogP contribution in [0.4, 0.5) is 0 Å². The summed E-state index contributed by atoms with van der Waals surface area (Å²) in [7, 11) is 0. The van der Waals surface area contributed by atoms with Gasteiger partial charge in [-0.2, -0.15) is 0 Å². The SMILES string of the molecule is NC(=O)CSc1nnc(SCCOc2ccc(Cl)cc2Cl)s1. The molecule has 10 heteroatoms. The lowest BCUT2D eigenvalue weighted by Crippen LogP contribution is -2.12. The molecular weight excluding hydrogens is 385 g/mol. The number of nitrogens with two attached hydrogens (primary N) is 1. The second-order valence-electron chi connectivity index (χ2n) is 3.86. The van der Waals surface area contributed by atoms with Crippen molar-refractivity contribution in [3.8, 4) is 5.75 Å². The summed E-state index contributed by atoms with van der Waals surface area (Å²) in [6.07, 6.45) is 0. The molecule has 0 aliphatic carbocycles. The van der Waals surface area contributed by atoms with Gasteiger partial charge in [0.05, 0.1) is 17.4 Å². The van der Waals surface area contributed by atoms with Crippen LogP contribution in [0.2, 0.25) is 10.0 Å². The van der Waals surface area contributed by atoms with E-state index in [1.54, 1.807) is 18.2 Å². The predicted molar refractivity (Wildman–Crippen MR) is 92.5 cm³/mol. The van der Waals surface area contributed by atoms with E-state index in [1.165, 1.54) is 34.9 Å². The zero-order valence-electron chi connectivity index (χ0n) is 11.1.